The van der Waals surface area contributed by atoms with Crippen LogP contribution in [0.2, 0.25) is 0 Å². The molecule has 0 spiro atoms. The predicted molar refractivity (Wildman–Crippen MR) is 113 cm³/mol. The van der Waals surface area contributed by atoms with Gasteiger partial charge in [-0.25, -0.2) is 9.97 Å². The molecule has 0 N–H and O–H groups in total. The highest BCUT2D eigenvalue weighted by atomic mass is 32.2. The van der Waals surface area contributed by atoms with Gasteiger partial charge in [0.05, 0.1) is 25.0 Å². The first-order chi connectivity index (χ1) is 13.5. The van der Waals surface area contributed by atoms with Gasteiger partial charge >= 0.3 is 0 Å². The molecule has 0 unspecified atom stereocenters. The average molecular weight is 400 g/mol. The number of rotatable bonds is 6. The van der Waals surface area contributed by atoms with Crippen molar-refractivity contribution in [3.05, 3.63) is 35.5 Å². The normalized spacial score (nSPS) is 18.8. The quantitative estimate of drug-likeness (QED) is 0.536. The minimum atomic E-state index is -0.185. The second kappa shape index (κ2) is 8.39. The minimum absolute atomic E-state index is 0.185. The number of fused-ring (bicyclic) bond motifs is 1. The molecule has 0 radical (unpaired) electrons. The molecule has 150 valence electrons. The van der Waals surface area contributed by atoms with Gasteiger partial charge in [0, 0.05) is 29.8 Å². The molecular weight excluding hydrogens is 370 g/mol. The maximum absolute atomic E-state index is 6.07. The van der Waals surface area contributed by atoms with Crippen LogP contribution in [0, 0.1) is 0 Å². The van der Waals surface area contributed by atoms with Gasteiger partial charge in [-0.2, -0.15) is 0 Å². The lowest BCUT2D eigenvalue weighted by atomic mass is 9.96. The highest BCUT2D eigenvalue weighted by molar-refractivity contribution is 7.99. The Hall–Kier alpha value is -1.63. The zero-order valence-electron chi connectivity index (χ0n) is 17.0. The third-order valence-corrected chi connectivity index (χ3v) is 6.45. The van der Waals surface area contributed by atoms with Crippen molar-refractivity contribution in [2.75, 3.05) is 32.5 Å². The molecule has 1 aromatic heterocycles. The fourth-order valence-corrected chi connectivity index (χ4v) is 4.83. The smallest absolute Gasteiger partial charge is 0.160 e. The van der Waals surface area contributed by atoms with Crippen molar-refractivity contribution in [2.45, 2.75) is 50.3 Å². The Labute approximate surface area is 171 Å². The van der Waals surface area contributed by atoms with E-state index in [0.717, 1.165) is 46.6 Å². The summed E-state index contributed by atoms with van der Waals surface area (Å²) in [6.07, 6.45) is 3.48. The van der Waals surface area contributed by atoms with Crippen LogP contribution in [0.1, 0.15) is 37.9 Å². The van der Waals surface area contributed by atoms with Crippen molar-refractivity contribution < 1.29 is 9.47 Å². The second-order valence-corrected chi connectivity index (χ2v) is 9.21. The summed E-state index contributed by atoms with van der Waals surface area (Å²) < 4.78 is 11.4. The van der Waals surface area contributed by atoms with E-state index in [-0.39, 0.29) is 5.60 Å². The fraction of sp³-hybridized carbons (Fsp3) is 0.545. The van der Waals surface area contributed by atoms with Crippen LogP contribution in [0.5, 0.6) is 5.75 Å². The Morgan fingerprint density at radius 1 is 1.14 bits per heavy atom. The summed E-state index contributed by atoms with van der Waals surface area (Å²) in [4.78, 5) is 12.4. The first-order valence-corrected chi connectivity index (χ1v) is 11.1. The van der Waals surface area contributed by atoms with Gasteiger partial charge in [0.15, 0.2) is 5.82 Å². The molecule has 2 aromatic rings. The van der Waals surface area contributed by atoms with Gasteiger partial charge in [-0.15, -0.1) is 11.8 Å². The molecule has 0 aliphatic carbocycles. The molecule has 1 saturated heterocycles. The molecule has 0 amide bonds. The van der Waals surface area contributed by atoms with Crippen molar-refractivity contribution in [3.63, 3.8) is 0 Å². The topological polar surface area (TPSA) is 47.5 Å². The molecule has 0 bridgehead atoms. The molecule has 0 saturated carbocycles. The van der Waals surface area contributed by atoms with Crippen LogP contribution < -0.4 is 4.74 Å². The van der Waals surface area contributed by atoms with Crippen molar-refractivity contribution in [1.29, 1.82) is 0 Å². The third-order valence-electron chi connectivity index (χ3n) is 5.45. The van der Waals surface area contributed by atoms with E-state index in [1.54, 1.807) is 7.11 Å². The van der Waals surface area contributed by atoms with E-state index in [0.29, 0.717) is 6.61 Å². The van der Waals surface area contributed by atoms with Gasteiger partial charge in [-0.3, -0.25) is 0 Å². The second-order valence-electron chi connectivity index (χ2n) is 8.13. The standard InChI is InChI=1S/C22H29N3O2S/c1-22(2)14-19-18(15-27-22)21(28-13-12-25-10-4-5-11-25)24-20(23-19)16-6-8-17(26-3)9-7-16/h6-9H,4-5,10-15H2,1-3H3. The molecule has 2 aliphatic rings. The number of likely N-dealkylation sites (tertiary alicyclic amines) is 1. The minimum Gasteiger partial charge on any atom is -0.497 e. The number of ether oxygens (including phenoxy) is 2. The number of thioether (sulfide) groups is 1. The molecule has 5 nitrogen and oxygen atoms in total. The van der Waals surface area contributed by atoms with Crippen LogP contribution in [0.3, 0.4) is 0 Å². The van der Waals surface area contributed by atoms with Crippen LogP contribution >= 0.6 is 11.8 Å². The van der Waals surface area contributed by atoms with E-state index in [1.165, 1.54) is 31.5 Å². The molecule has 0 atom stereocenters. The first-order valence-electron chi connectivity index (χ1n) is 10.1. The Morgan fingerprint density at radius 2 is 1.89 bits per heavy atom. The zero-order chi connectivity index (χ0) is 19.6. The van der Waals surface area contributed by atoms with Crippen LogP contribution in [0.25, 0.3) is 11.4 Å². The van der Waals surface area contributed by atoms with Gasteiger partial charge in [0.2, 0.25) is 0 Å². The maximum Gasteiger partial charge on any atom is 0.160 e. The lowest BCUT2D eigenvalue weighted by Gasteiger charge is -2.32. The molecule has 2 aliphatic heterocycles. The van der Waals surface area contributed by atoms with Gasteiger partial charge in [-0.1, -0.05) is 0 Å². The summed E-state index contributed by atoms with van der Waals surface area (Å²) in [5.41, 5.74) is 3.13. The summed E-state index contributed by atoms with van der Waals surface area (Å²) in [5.74, 6) is 2.69. The molecule has 1 fully saturated rings. The lowest BCUT2D eigenvalue weighted by Crippen LogP contribution is -2.33. The number of nitrogens with zero attached hydrogens (tertiary/aromatic N) is 3. The van der Waals surface area contributed by atoms with E-state index >= 15 is 0 Å². The van der Waals surface area contributed by atoms with Crippen molar-refractivity contribution in [1.82, 2.24) is 14.9 Å². The maximum atomic E-state index is 6.07. The van der Waals surface area contributed by atoms with Crippen LogP contribution in [-0.2, 0) is 17.8 Å². The number of hydrogen-bond acceptors (Lipinski definition) is 6. The molecule has 3 heterocycles. The Balaban J connectivity index is 1.60. The highest BCUT2D eigenvalue weighted by Crippen LogP contribution is 2.34. The average Bonchev–Trinajstić information content (AvgIpc) is 3.20. The predicted octanol–water partition coefficient (Wildman–Crippen LogP) is 4.19. The van der Waals surface area contributed by atoms with Gasteiger partial charge in [-0.05, 0) is 64.0 Å². The van der Waals surface area contributed by atoms with Gasteiger partial charge in [0.1, 0.15) is 10.8 Å². The Morgan fingerprint density at radius 3 is 2.61 bits per heavy atom. The van der Waals surface area contributed by atoms with Gasteiger partial charge in [0.25, 0.3) is 0 Å². The molecular formula is C22H29N3O2S. The van der Waals surface area contributed by atoms with Crippen molar-refractivity contribution >= 4 is 11.8 Å². The molecule has 4 rings (SSSR count). The van der Waals surface area contributed by atoms with Gasteiger partial charge < -0.3 is 14.4 Å². The van der Waals surface area contributed by atoms with Crippen LogP contribution in [0.4, 0.5) is 0 Å². The van der Waals surface area contributed by atoms with E-state index in [4.69, 9.17) is 19.4 Å². The summed E-state index contributed by atoms with van der Waals surface area (Å²) in [6.45, 7) is 8.44. The van der Waals surface area contributed by atoms with Crippen molar-refractivity contribution in [2.24, 2.45) is 0 Å². The number of methoxy groups -OCH3 is 1. The lowest BCUT2D eigenvalue weighted by molar-refractivity contribution is -0.0428. The number of hydrogen-bond donors (Lipinski definition) is 0. The first kappa shape index (κ1) is 19.7. The van der Waals surface area contributed by atoms with E-state index in [9.17, 15) is 0 Å². The van der Waals surface area contributed by atoms with Crippen LogP contribution in [0.15, 0.2) is 29.3 Å². The Kier molecular flexibility index (Phi) is 5.90. The summed E-state index contributed by atoms with van der Waals surface area (Å²) in [7, 11) is 1.68. The largest absolute Gasteiger partial charge is 0.497 e. The monoisotopic (exact) mass is 399 g/mol. The van der Waals surface area contributed by atoms with Crippen LogP contribution in [-0.4, -0.2) is 53.0 Å². The van der Waals surface area contributed by atoms with E-state index < -0.39 is 0 Å². The molecule has 28 heavy (non-hydrogen) atoms. The van der Waals surface area contributed by atoms with Crippen molar-refractivity contribution in [3.8, 4) is 17.1 Å². The van der Waals surface area contributed by atoms with E-state index in [1.807, 2.05) is 36.0 Å². The SMILES string of the molecule is COc1ccc(-c2nc3c(c(SCCN4CCCC4)n2)COC(C)(C)C3)cc1. The summed E-state index contributed by atoms with van der Waals surface area (Å²) in [6, 6.07) is 7.99. The summed E-state index contributed by atoms with van der Waals surface area (Å²) >= 11 is 1.84. The number of benzene rings is 1. The van der Waals surface area contributed by atoms with E-state index in [2.05, 4.69) is 18.7 Å². The Bertz CT molecular complexity index is 817. The third kappa shape index (κ3) is 4.50. The fourth-order valence-electron chi connectivity index (χ4n) is 3.79. The number of aromatic nitrogens is 2. The molecule has 6 heteroatoms. The zero-order valence-corrected chi connectivity index (χ0v) is 17.8. The summed E-state index contributed by atoms with van der Waals surface area (Å²) in [5, 5.41) is 1.07. The highest BCUT2D eigenvalue weighted by Gasteiger charge is 2.30. The molecule has 1 aromatic carbocycles.